The van der Waals surface area contributed by atoms with E-state index in [1.54, 1.807) is 18.2 Å². The van der Waals surface area contributed by atoms with Gasteiger partial charge in [0.1, 0.15) is 5.75 Å². The van der Waals surface area contributed by atoms with Gasteiger partial charge in [-0.05, 0) is 24.1 Å². The molecule has 0 heterocycles. The Balaban J connectivity index is 2.72. The van der Waals surface area contributed by atoms with Gasteiger partial charge in [-0.1, -0.05) is 22.0 Å². The fourth-order valence-corrected chi connectivity index (χ4v) is 2.06. The molecule has 0 bridgehead atoms. The van der Waals surface area contributed by atoms with E-state index in [2.05, 4.69) is 15.9 Å². The van der Waals surface area contributed by atoms with E-state index in [1.165, 1.54) is 7.11 Å². The van der Waals surface area contributed by atoms with Gasteiger partial charge in [-0.15, -0.1) is 0 Å². The van der Waals surface area contributed by atoms with E-state index in [0.717, 1.165) is 0 Å². The van der Waals surface area contributed by atoms with E-state index in [4.69, 9.17) is 10.5 Å². The quantitative estimate of drug-likeness (QED) is 0.918. The van der Waals surface area contributed by atoms with Crippen LogP contribution in [0.2, 0.25) is 0 Å². The van der Waals surface area contributed by atoms with Gasteiger partial charge in [0.25, 0.3) is 0 Å². The smallest absolute Gasteiger partial charge is 0.389 e. The van der Waals surface area contributed by atoms with Crippen LogP contribution >= 0.6 is 15.9 Å². The lowest BCUT2D eigenvalue weighted by molar-refractivity contribution is -0.136. The summed E-state index contributed by atoms with van der Waals surface area (Å²) in [5.41, 5.74) is 6.37. The van der Waals surface area contributed by atoms with Gasteiger partial charge in [-0.3, -0.25) is 0 Å². The molecule has 1 aromatic carbocycles. The zero-order valence-electron chi connectivity index (χ0n) is 9.22. The Bertz CT molecular complexity index is 381. The highest BCUT2D eigenvalue weighted by molar-refractivity contribution is 9.10. The van der Waals surface area contributed by atoms with Gasteiger partial charge in [0, 0.05) is 16.9 Å². The number of rotatable bonds is 4. The molecule has 0 aliphatic heterocycles. The maximum absolute atomic E-state index is 12.1. The molecular formula is C11H13BrF3NO. The Labute approximate surface area is 106 Å². The second kappa shape index (κ2) is 5.73. The standard InChI is InChI=1S/C11H13BrF3NO/c1-17-7-2-3-8(9(12)6-7)10(16)4-5-11(13,14)15/h2-3,6,10H,4-5,16H2,1H3. The van der Waals surface area contributed by atoms with Crippen molar-refractivity contribution in [1.29, 1.82) is 0 Å². The van der Waals surface area contributed by atoms with Crippen LogP contribution in [0.4, 0.5) is 13.2 Å². The second-order valence-electron chi connectivity index (χ2n) is 3.65. The second-order valence-corrected chi connectivity index (χ2v) is 4.50. The molecule has 0 saturated carbocycles. The summed E-state index contributed by atoms with van der Waals surface area (Å²) in [5.74, 6) is 0.628. The van der Waals surface area contributed by atoms with Crippen LogP contribution in [0.3, 0.4) is 0 Å². The van der Waals surface area contributed by atoms with Crippen LogP contribution in [-0.2, 0) is 0 Å². The molecule has 1 unspecified atom stereocenters. The van der Waals surface area contributed by atoms with Crippen molar-refractivity contribution in [3.63, 3.8) is 0 Å². The molecule has 0 radical (unpaired) electrons. The number of halogens is 4. The first kappa shape index (κ1) is 14.3. The third-order valence-electron chi connectivity index (χ3n) is 2.35. The third kappa shape index (κ3) is 4.55. The summed E-state index contributed by atoms with van der Waals surface area (Å²) in [6.07, 6.45) is -5.18. The summed E-state index contributed by atoms with van der Waals surface area (Å²) in [6.45, 7) is 0. The van der Waals surface area contributed by atoms with Gasteiger partial charge in [0.05, 0.1) is 7.11 Å². The molecule has 2 nitrogen and oxygen atoms in total. The van der Waals surface area contributed by atoms with Crippen molar-refractivity contribution in [3.05, 3.63) is 28.2 Å². The minimum absolute atomic E-state index is 0.131. The monoisotopic (exact) mass is 311 g/mol. The number of alkyl halides is 3. The van der Waals surface area contributed by atoms with Gasteiger partial charge in [-0.2, -0.15) is 13.2 Å². The highest BCUT2D eigenvalue weighted by atomic mass is 79.9. The number of ether oxygens (including phenoxy) is 1. The Hall–Kier alpha value is -0.750. The summed E-state index contributed by atoms with van der Waals surface area (Å²) in [4.78, 5) is 0. The average Bonchev–Trinajstić information content (AvgIpc) is 2.24. The minimum Gasteiger partial charge on any atom is -0.497 e. The molecule has 0 saturated heterocycles. The Kier molecular flexibility index (Phi) is 4.82. The van der Waals surface area contributed by atoms with E-state index >= 15 is 0 Å². The Morgan fingerprint density at radius 1 is 1.41 bits per heavy atom. The van der Waals surface area contributed by atoms with E-state index in [0.29, 0.717) is 15.8 Å². The number of methoxy groups -OCH3 is 1. The summed E-state index contributed by atoms with van der Waals surface area (Å²) < 4.78 is 41.8. The van der Waals surface area contributed by atoms with Crippen molar-refractivity contribution in [2.24, 2.45) is 5.73 Å². The van der Waals surface area contributed by atoms with Crippen molar-refractivity contribution in [2.45, 2.75) is 25.1 Å². The molecule has 0 aliphatic carbocycles. The lowest BCUT2D eigenvalue weighted by Crippen LogP contribution is -2.16. The number of benzene rings is 1. The van der Waals surface area contributed by atoms with Gasteiger partial charge in [0.2, 0.25) is 0 Å². The van der Waals surface area contributed by atoms with E-state index in [1.807, 2.05) is 0 Å². The Morgan fingerprint density at radius 3 is 2.53 bits per heavy atom. The van der Waals surface area contributed by atoms with E-state index in [-0.39, 0.29) is 6.42 Å². The molecule has 6 heteroatoms. The fraction of sp³-hybridized carbons (Fsp3) is 0.455. The van der Waals surface area contributed by atoms with Gasteiger partial charge >= 0.3 is 6.18 Å². The molecule has 96 valence electrons. The van der Waals surface area contributed by atoms with Gasteiger partial charge in [0.15, 0.2) is 0 Å². The predicted molar refractivity (Wildman–Crippen MR) is 62.9 cm³/mol. The molecule has 0 aliphatic rings. The maximum Gasteiger partial charge on any atom is 0.389 e. The van der Waals surface area contributed by atoms with Crippen molar-refractivity contribution in [2.75, 3.05) is 7.11 Å². The first-order valence-electron chi connectivity index (χ1n) is 4.99. The first-order chi connectivity index (χ1) is 7.83. The van der Waals surface area contributed by atoms with Crippen LogP contribution in [0.5, 0.6) is 5.75 Å². The number of nitrogens with two attached hydrogens (primary N) is 1. The molecule has 1 rings (SSSR count). The SMILES string of the molecule is COc1ccc(C(N)CCC(F)(F)F)c(Br)c1. The van der Waals surface area contributed by atoms with Crippen LogP contribution in [0, 0.1) is 0 Å². The fourth-order valence-electron chi connectivity index (χ4n) is 1.41. The topological polar surface area (TPSA) is 35.2 Å². The minimum atomic E-state index is -4.17. The predicted octanol–water partition coefficient (Wildman–Crippen LogP) is 3.80. The van der Waals surface area contributed by atoms with Gasteiger partial charge < -0.3 is 10.5 Å². The van der Waals surface area contributed by atoms with Crippen molar-refractivity contribution in [3.8, 4) is 5.75 Å². The molecular weight excluding hydrogens is 299 g/mol. The zero-order chi connectivity index (χ0) is 13.1. The maximum atomic E-state index is 12.1. The molecule has 1 atom stereocenters. The largest absolute Gasteiger partial charge is 0.497 e. The van der Waals surface area contributed by atoms with Crippen molar-refractivity contribution in [1.82, 2.24) is 0 Å². The molecule has 1 aromatic rings. The number of hydrogen-bond donors (Lipinski definition) is 1. The Morgan fingerprint density at radius 2 is 2.06 bits per heavy atom. The van der Waals surface area contributed by atoms with Crippen LogP contribution in [0.15, 0.2) is 22.7 Å². The average molecular weight is 312 g/mol. The molecule has 0 amide bonds. The van der Waals surface area contributed by atoms with Crippen molar-refractivity contribution >= 4 is 15.9 Å². The molecule has 17 heavy (non-hydrogen) atoms. The zero-order valence-corrected chi connectivity index (χ0v) is 10.8. The van der Waals surface area contributed by atoms with Crippen LogP contribution in [0.25, 0.3) is 0 Å². The van der Waals surface area contributed by atoms with Crippen LogP contribution in [-0.4, -0.2) is 13.3 Å². The third-order valence-corrected chi connectivity index (χ3v) is 3.03. The highest BCUT2D eigenvalue weighted by Crippen LogP contribution is 2.31. The molecule has 0 fully saturated rings. The summed E-state index contributed by atoms with van der Waals surface area (Å²) in [7, 11) is 1.52. The van der Waals surface area contributed by atoms with Crippen molar-refractivity contribution < 1.29 is 17.9 Å². The van der Waals surface area contributed by atoms with Gasteiger partial charge in [-0.25, -0.2) is 0 Å². The number of hydrogen-bond acceptors (Lipinski definition) is 2. The molecule has 0 aromatic heterocycles. The summed E-state index contributed by atoms with van der Waals surface area (Å²) in [6, 6.07) is 4.39. The lowest BCUT2D eigenvalue weighted by Gasteiger charge is -2.15. The summed E-state index contributed by atoms with van der Waals surface area (Å²) >= 11 is 3.27. The lowest BCUT2D eigenvalue weighted by atomic mass is 10.0. The highest BCUT2D eigenvalue weighted by Gasteiger charge is 2.28. The van der Waals surface area contributed by atoms with Crippen LogP contribution in [0.1, 0.15) is 24.4 Å². The molecule has 0 spiro atoms. The normalized spacial score (nSPS) is 13.5. The van der Waals surface area contributed by atoms with E-state index < -0.39 is 18.6 Å². The van der Waals surface area contributed by atoms with Crippen LogP contribution < -0.4 is 10.5 Å². The van der Waals surface area contributed by atoms with E-state index in [9.17, 15) is 13.2 Å². The summed E-state index contributed by atoms with van der Waals surface area (Å²) in [5, 5.41) is 0. The first-order valence-corrected chi connectivity index (χ1v) is 5.78. The molecule has 2 N–H and O–H groups in total.